The molecular weight excluding hydrogens is 194 g/mol. The van der Waals surface area contributed by atoms with Gasteiger partial charge in [-0.3, -0.25) is 9.59 Å². The molecule has 14 heavy (non-hydrogen) atoms. The molecule has 0 bridgehead atoms. The van der Waals surface area contributed by atoms with Crippen LogP contribution in [-0.2, 0) is 14.3 Å². The Kier molecular flexibility index (Phi) is 3.18. The summed E-state index contributed by atoms with van der Waals surface area (Å²) >= 11 is 0. The summed E-state index contributed by atoms with van der Waals surface area (Å²) in [6.07, 6.45) is -0.769. The topological polar surface area (TPSA) is 43.4 Å². The van der Waals surface area contributed by atoms with E-state index in [1.807, 2.05) is 0 Å². The average molecular weight is 206 g/mol. The minimum absolute atomic E-state index is 0.174. The third-order valence-corrected chi connectivity index (χ3v) is 2.25. The van der Waals surface area contributed by atoms with Crippen LogP contribution in [0.15, 0.2) is 0 Å². The van der Waals surface area contributed by atoms with E-state index < -0.39 is 30.0 Å². The molecule has 0 radical (unpaired) electrons. The maximum Gasteiger partial charge on any atom is 0.309 e. The van der Waals surface area contributed by atoms with Crippen LogP contribution in [0.3, 0.4) is 0 Å². The molecule has 0 aromatic rings. The molecule has 80 valence electrons. The predicted molar refractivity (Wildman–Crippen MR) is 43.9 cm³/mol. The lowest BCUT2D eigenvalue weighted by molar-refractivity contribution is -0.161. The third kappa shape index (κ3) is 2.27. The van der Waals surface area contributed by atoms with Crippen molar-refractivity contribution in [3.05, 3.63) is 0 Å². The lowest BCUT2D eigenvalue weighted by Crippen LogP contribution is -2.39. The van der Waals surface area contributed by atoms with Gasteiger partial charge in [-0.2, -0.15) is 8.78 Å². The van der Waals surface area contributed by atoms with Crippen molar-refractivity contribution >= 4 is 11.8 Å². The average Bonchev–Trinajstić information content (AvgIpc) is 2.10. The van der Waals surface area contributed by atoms with Crippen LogP contribution in [0, 0.1) is 5.92 Å². The van der Waals surface area contributed by atoms with E-state index in [4.69, 9.17) is 0 Å². The van der Waals surface area contributed by atoms with Gasteiger partial charge in [-0.05, 0) is 13.3 Å². The fraction of sp³-hybridized carbons (Fsp3) is 0.778. The molecule has 3 nitrogen and oxygen atoms in total. The largest absolute Gasteiger partial charge is 0.466 e. The van der Waals surface area contributed by atoms with Gasteiger partial charge in [0.25, 0.3) is 0 Å². The van der Waals surface area contributed by atoms with E-state index in [0.717, 1.165) is 0 Å². The maximum absolute atomic E-state index is 12.9. The van der Waals surface area contributed by atoms with E-state index in [-0.39, 0.29) is 19.4 Å². The second-order valence-corrected chi connectivity index (χ2v) is 3.32. The molecule has 0 spiro atoms. The van der Waals surface area contributed by atoms with Crippen LogP contribution in [0.1, 0.15) is 26.2 Å². The van der Waals surface area contributed by atoms with Gasteiger partial charge in [0, 0.05) is 12.8 Å². The molecule has 0 aromatic carbocycles. The van der Waals surface area contributed by atoms with E-state index in [2.05, 4.69) is 4.74 Å². The second-order valence-electron chi connectivity index (χ2n) is 3.32. The molecule has 1 fully saturated rings. The molecule has 0 aliphatic heterocycles. The Bertz CT molecular complexity index is 250. The standard InChI is InChI=1S/C9H12F2O3/c1-2-14-8(13)6-3-4-7(12)9(10,11)5-6/h6H,2-5H2,1H3. The SMILES string of the molecule is CCOC(=O)C1CCC(=O)C(F)(F)C1. The van der Waals surface area contributed by atoms with E-state index in [1.165, 1.54) is 0 Å². The monoisotopic (exact) mass is 206 g/mol. The summed E-state index contributed by atoms with van der Waals surface area (Å²) in [6.45, 7) is 1.79. The first kappa shape index (κ1) is 11.1. The number of hydrogen-bond acceptors (Lipinski definition) is 3. The summed E-state index contributed by atoms with van der Waals surface area (Å²) in [4.78, 5) is 21.9. The van der Waals surface area contributed by atoms with Gasteiger partial charge >= 0.3 is 11.9 Å². The van der Waals surface area contributed by atoms with Gasteiger partial charge in [-0.15, -0.1) is 0 Å². The zero-order valence-corrected chi connectivity index (χ0v) is 7.89. The Balaban J connectivity index is 2.59. The minimum Gasteiger partial charge on any atom is -0.466 e. The van der Waals surface area contributed by atoms with Crippen molar-refractivity contribution in [2.45, 2.75) is 32.1 Å². The van der Waals surface area contributed by atoms with E-state index in [0.29, 0.717) is 0 Å². The Morgan fingerprint density at radius 2 is 2.29 bits per heavy atom. The smallest absolute Gasteiger partial charge is 0.309 e. The Morgan fingerprint density at radius 3 is 2.79 bits per heavy atom. The fourth-order valence-corrected chi connectivity index (χ4v) is 1.47. The molecule has 0 aromatic heterocycles. The summed E-state index contributed by atoms with van der Waals surface area (Å²) in [5, 5.41) is 0. The van der Waals surface area contributed by atoms with Crippen molar-refractivity contribution in [1.29, 1.82) is 0 Å². The minimum atomic E-state index is -3.35. The van der Waals surface area contributed by atoms with Crippen LogP contribution in [-0.4, -0.2) is 24.3 Å². The van der Waals surface area contributed by atoms with Gasteiger partial charge in [0.05, 0.1) is 12.5 Å². The molecule has 1 rings (SSSR count). The molecule has 0 amide bonds. The number of alkyl halides is 2. The van der Waals surface area contributed by atoms with Crippen molar-refractivity contribution in [1.82, 2.24) is 0 Å². The van der Waals surface area contributed by atoms with Crippen LogP contribution in [0.25, 0.3) is 0 Å². The number of halogens is 2. The van der Waals surface area contributed by atoms with E-state index in [1.54, 1.807) is 6.92 Å². The Hall–Kier alpha value is -1.00. The van der Waals surface area contributed by atoms with Gasteiger partial charge in [-0.1, -0.05) is 0 Å². The molecule has 0 heterocycles. The number of rotatable bonds is 2. The summed E-state index contributed by atoms with van der Waals surface area (Å²) < 4.78 is 30.4. The number of carbonyl (C=O) groups is 2. The highest BCUT2D eigenvalue weighted by atomic mass is 19.3. The molecule has 1 unspecified atom stereocenters. The van der Waals surface area contributed by atoms with Gasteiger partial charge in [0.15, 0.2) is 0 Å². The van der Waals surface area contributed by atoms with Crippen molar-refractivity contribution in [2.75, 3.05) is 6.61 Å². The first-order valence-electron chi connectivity index (χ1n) is 4.55. The molecule has 0 N–H and O–H groups in total. The highest BCUT2D eigenvalue weighted by Crippen LogP contribution is 2.34. The zero-order valence-electron chi connectivity index (χ0n) is 7.89. The lowest BCUT2D eigenvalue weighted by atomic mass is 9.86. The number of ether oxygens (including phenoxy) is 1. The van der Waals surface area contributed by atoms with Crippen molar-refractivity contribution < 1.29 is 23.1 Å². The van der Waals surface area contributed by atoms with Gasteiger partial charge in [0.1, 0.15) is 0 Å². The zero-order chi connectivity index (χ0) is 10.8. The Labute approximate surface area is 80.4 Å². The van der Waals surface area contributed by atoms with E-state index in [9.17, 15) is 18.4 Å². The summed E-state index contributed by atoms with van der Waals surface area (Å²) in [7, 11) is 0. The molecular formula is C9H12F2O3. The maximum atomic E-state index is 12.9. The quantitative estimate of drug-likeness (QED) is 0.644. The molecule has 1 aliphatic rings. The molecule has 5 heteroatoms. The van der Waals surface area contributed by atoms with Crippen LogP contribution in [0.5, 0.6) is 0 Å². The molecule has 1 atom stereocenters. The van der Waals surface area contributed by atoms with Crippen LogP contribution in [0.4, 0.5) is 8.78 Å². The van der Waals surface area contributed by atoms with Gasteiger partial charge in [-0.25, -0.2) is 0 Å². The molecule has 1 aliphatic carbocycles. The van der Waals surface area contributed by atoms with Crippen molar-refractivity contribution in [2.24, 2.45) is 5.92 Å². The molecule has 1 saturated carbocycles. The summed E-state index contributed by atoms with van der Waals surface area (Å²) in [5.74, 6) is -5.88. The number of Topliss-reactive ketones (excluding diaryl/α,β-unsaturated/α-hetero) is 1. The van der Waals surface area contributed by atoms with Crippen LogP contribution in [0.2, 0.25) is 0 Å². The van der Waals surface area contributed by atoms with Gasteiger partial charge in [0.2, 0.25) is 5.78 Å². The number of esters is 1. The number of hydrogen-bond donors (Lipinski definition) is 0. The third-order valence-electron chi connectivity index (χ3n) is 2.25. The van der Waals surface area contributed by atoms with Crippen LogP contribution >= 0.6 is 0 Å². The van der Waals surface area contributed by atoms with Crippen molar-refractivity contribution in [3.8, 4) is 0 Å². The predicted octanol–water partition coefficient (Wildman–Crippen LogP) is 1.55. The fourth-order valence-electron chi connectivity index (χ4n) is 1.47. The lowest BCUT2D eigenvalue weighted by Gasteiger charge is -2.25. The molecule has 0 saturated heterocycles. The first-order valence-corrected chi connectivity index (χ1v) is 4.55. The summed E-state index contributed by atoms with van der Waals surface area (Å²) in [6, 6.07) is 0. The number of ketones is 1. The Morgan fingerprint density at radius 1 is 1.64 bits per heavy atom. The normalized spacial score (nSPS) is 25.9. The summed E-state index contributed by atoms with van der Waals surface area (Å²) in [5.41, 5.74) is 0. The number of carbonyl (C=O) groups excluding carboxylic acids is 2. The highest BCUT2D eigenvalue weighted by Gasteiger charge is 2.46. The highest BCUT2D eigenvalue weighted by molar-refractivity contribution is 5.88. The van der Waals surface area contributed by atoms with Crippen molar-refractivity contribution in [3.63, 3.8) is 0 Å². The van der Waals surface area contributed by atoms with E-state index >= 15 is 0 Å². The second kappa shape index (κ2) is 4.02. The van der Waals surface area contributed by atoms with Gasteiger partial charge < -0.3 is 4.74 Å². The van der Waals surface area contributed by atoms with Crippen LogP contribution < -0.4 is 0 Å². The first-order chi connectivity index (χ1) is 6.47.